The summed E-state index contributed by atoms with van der Waals surface area (Å²) in [6.07, 6.45) is 0.196. The van der Waals surface area contributed by atoms with Gasteiger partial charge in [-0.3, -0.25) is 14.4 Å². The van der Waals surface area contributed by atoms with E-state index in [1.54, 1.807) is 30.3 Å². The minimum Gasteiger partial charge on any atom is -0.497 e. The Balaban J connectivity index is 1.72. The first-order valence-electron chi connectivity index (χ1n) is 13.0. The van der Waals surface area contributed by atoms with Crippen molar-refractivity contribution in [3.63, 3.8) is 0 Å². The molecule has 210 valence electrons. The molecule has 0 aliphatic carbocycles. The number of carbonyl (C=O) groups excluding carboxylic acids is 3. The van der Waals surface area contributed by atoms with Crippen molar-refractivity contribution in [2.24, 2.45) is 5.92 Å². The molecule has 9 nitrogen and oxygen atoms in total. The molecule has 0 aromatic heterocycles. The zero-order valence-corrected chi connectivity index (χ0v) is 23.6. The topological polar surface area (TPSA) is 113 Å². The van der Waals surface area contributed by atoms with Gasteiger partial charge < -0.3 is 15.0 Å². The number of nitrogens with zero attached hydrogens (tertiary/aromatic N) is 2. The van der Waals surface area contributed by atoms with Crippen molar-refractivity contribution in [2.45, 2.75) is 37.8 Å². The molecule has 1 aliphatic heterocycles. The molecule has 1 atom stereocenters. The summed E-state index contributed by atoms with van der Waals surface area (Å²) >= 11 is 0. The van der Waals surface area contributed by atoms with Gasteiger partial charge >= 0.3 is 0 Å². The molecule has 1 N–H and O–H groups in total. The largest absolute Gasteiger partial charge is 0.497 e. The van der Waals surface area contributed by atoms with Crippen LogP contribution in [0.3, 0.4) is 0 Å². The van der Waals surface area contributed by atoms with Crippen molar-refractivity contribution < 1.29 is 27.5 Å². The van der Waals surface area contributed by atoms with Crippen LogP contribution >= 0.6 is 0 Å². The molecular formula is C30H33N3O6S. The SMILES string of the molecule is COc1cccc(CN(C(=O)CN2C(=O)c3ccccc3S2(=O)=O)[C@H](Cc2ccccc2)C(=O)NCC(C)C)c1. The Kier molecular flexibility index (Phi) is 8.89. The molecular weight excluding hydrogens is 530 g/mol. The van der Waals surface area contributed by atoms with Crippen LogP contribution in [0.25, 0.3) is 0 Å². The molecule has 0 saturated heterocycles. The molecule has 0 bridgehead atoms. The van der Waals surface area contributed by atoms with Gasteiger partial charge in [-0.15, -0.1) is 0 Å². The van der Waals surface area contributed by atoms with Crippen molar-refractivity contribution in [1.82, 2.24) is 14.5 Å². The molecule has 0 fully saturated rings. The highest BCUT2D eigenvalue weighted by molar-refractivity contribution is 7.90. The van der Waals surface area contributed by atoms with E-state index in [9.17, 15) is 22.8 Å². The zero-order valence-electron chi connectivity index (χ0n) is 22.7. The Labute approximate surface area is 234 Å². The number of amides is 3. The van der Waals surface area contributed by atoms with Crippen molar-refractivity contribution in [1.29, 1.82) is 0 Å². The van der Waals surface area contributed by atoms with Gasteiger partial charge in [-0.25, -0.2) is 12.7 Å². The first-order chi connectivity index (χ1) is 19.1. The number of nitrogens with one attached hydrogen (secondary N) is 1. The monoisotopic (exact) mass is 563 g/mol. The predicted molar refractivity (Wildman–Crippen MR) is 150 cm³/mol. The summed E-state index contributed by atoms with van der Waals surface area (Å²) in [4.78, 5) is 41.8. The third kappa shape index (κ3) is 6.34. The van der Waals surface area contributed by atoms with E-state index < -0.39 is 34.4 Å². The van der Waals surface area contributed by atoms with E-state index >= 15 is 0 Å². The summed E-state index contributed by atoms with van der Waals surface area (Å²) < 4.78 is 32.3. The molecule has 3 aromatic rings. The summed E-state index contributed by atoms with van der Waals surface area (Å²) in [6.45, 7) is 3.60. The summed E-state index contributed by atoms with van der Waals surface area (Å²) in [7, 11) is -2.69. The molecule has 10 heteroatoms. The third-order valence-electron chi connectivity index (χ3n) is 6.63. The smallest absolute Gasteiger partial charge is 0.269 e. The van der Waals surface area contributed by atoms with Crippen LogP contribution in [-0.2, 0) is 32.6 Å². The molecule has 0 spiro atoms. The number of benzene rings is 3. The predicted octanol–water partition coefficient (Wildman–Crippen LogP) is 3.25. The average Bonchev–Trinajstić information content (AvgIpc) is 3.14. The van der Waals surface area contributed by atoms with E-state index in [1.165, 1.54) is 30.2 Å². The van der Waals surface area contributed by atoms with Crippen LogP contribution < -0.4 is 10.1 Å². The lowest BCUT2D eigenvalue weighted by Gasteiger charge is -2.32. The quantitative estimate of drug-likeness (QED) is 0.383. The third-order valence-corrected chi connectivity index (χ3v) is 8.42. The second kappa shape index (κ2) is 12.3. The molecule has 1 heterocycles. The average molecular weight is 564 g/mol. The van der Waals surface area contributed by atoms with Crippen LogP contribution in [0.2, 0.25) is 0 Å². The van der Waals surface area contributed by atoms with Gasteiger partial charge in [-0.1, -0.05) is 68.4 Å². The molecule has 3 aromatic carbocycles. The fourth-order valence-corrected chi connectivity index (χ4v) is 6.06. The van der Waals surface area contributed by atoms with Gasteiger partial charge in [0.05, 0.1) is 12.7 Å². The van der Waals surface area contributed by atoms with Crippen LogP contribution in [0.4, 0.5) is 0 Å². The van der Waals surface area contributed by atoms with Crippen LogP contribution in [0, 0.1) is 5.92 Å². The standard InChI is InChI=1S/C30H33N3O6S/c1-21(2)18-31-29(35)26(17-22-10-5-4-6-11-22)32(19-23-12-9-13-24(16-23)39-3)28(34)20-33-30(36)25-14-7-8-15-27(25)40(33,37)38/h4-16,21,26H,17-20H2,1-3H3,(H,31,35)/t26-/m1/s1. The van der Waals surface area contributed by atoms with E-state index in [0.717, 1.165) is 5.56 Å². The molecule has 4 rings (SSSR count). The molecule has 1 aliphatic rings. The number of fused-ring (bicyclic) bond motifs is 1. The summed E-state index contributed by atoms with van der Waals surface area (Å²) in [5.74, 6) is -1.06. The van der Waals surface area contributed by atoms with E-state index in [4.69, 9.17) is 4.74 Å². The Morgan fingerprint density at radius 2 is 1.62 bits per heavy atom. The Hall–Kier alpha value is -4.18. The van der Waals surface area contributed by atoms with Gasteiger partial charge in [0, 0.05) is 19.5 Å². The highest BCUT2D eigenvalue weighted by atomic mass is 32.2. The zero-order chi connectivity index (χ0) is 28.9. The Morgan fingerprint density at radius 1 is 0.950 bits per heavy atom. The normalized spacial score (nSPS) is 14.5. The fourth-order valence-electron chi connectivity index (χ4n) is 4.54. The van der Waals surface area contributed by atoms with Crippen molar-refractivity contribution in [2.75, 3.05) is 20.2 Å². The van der Waals surface area contributed by atoms with Gasteiger partial charge in [-0.05, 0) is 41.3 Å². The Bertz CT molecular complexity index is 1490. The van der Waals surface area contributed by atoms with Gasteiger partial charge in [0.25, 0.3) is 15.9 Å². The summed E-state index contributed by atoms with van der Waals surface area (Å²) in [5.41, 5.74) is 1.53. The number of carbonyl (C=O) groups is 3. The first-order valence-corrected chi connectivity index (χ1v) is 14.5. The molecule has 0 saturated carbocycles. The second-order valence-electron chi connectivity index (χ2n) is 10.0. The lowest BCUT2D eigenvalue weighted by molar-refractivity contribution is -0.141. The molecule has 0 radical (unpaired) electrons. The number of rotatable bonds is 11. The molecule has 40 heavy (non-hydrogen) atoms. The van der Waals surface area contributed by atoms with Gasteiger partial charge in [0.1, 0.15) is 23.2 Å². The van der Waals surface area contributed by atoms with Crippen molar-refractivity contribution in [3.8, 4) is 5.75 Å². The number of methoxy groups -OCH3 is 1. The van der Waals surface area contributed by atoms with E-state index in [-0.39, 0.29) is 35.2 Å². The number of hydrogen-bond acceptors (Lipinski definition) is 6. The van der Waals surface area contributed by atoms with Crippen LogP contribution in [0.15, 0.2) is 83.8 Å². The second-order valence-corrected chi connectivity index (χ2v) is 11.9. The van der Waals surface area contributed by atoms with Crippen LogP contribution in [0.1, 0.15) is 35.3 Å². The van der Waals surface area contributed by atoms with Gasteiger partial charge in [-0.2, -0.15) is 0 Å². The van der Waals surface area contributed by atoms with E-state index in [2.05, 4.69) is 5.32 Å². The summed E-state index contributed by atoms with van der Waals surface area (Å²) in [6, 6.07) is 21.3. The van der Waals surface area contributed by atoms with E-state index in [1.807, 2.05) is 44.2 Å². The maximum absolute atomic E-state index is 14.0. The molecule has 3 amide bonds. The van der Waals surface area contributed by atoms with Crippen LogP contribution in [-0.4, -0.2) is 61.6 Å². The lowest BCUT2D eigenvalue weighted by atomic mass is 10.0. The first kappa shape index (κ1) is 28.8. The summed E-state index contributed by atoms with van der Waals surface area (Å²) in [5, 5.41) is 2.92. The fraction of sp³-hybridized carbons (Fsp3) is 0.300. The highest BCUT2D eigenvalue weighted by Crippen LogP contribution is 2.30. The number of ether oxygens (including phenoxy) is 1. The van der Waals surface area contributed by atoms with Gasteiger partial charge in [0.15, 0.2) is 0 Å². The lowest BCUT2D eigenvalue weighted by Crippen LogP contribution is -2.53. The number of hydrogen-bond donors (Lipinski definition) is 1. The van der Waals surface area contributed by atoms with E-state index in [0.29, 0.717) is 22.2 Å². The Morgan fingerprint density at radius 3 is 2.30 bits per heavy atom. The van der Waals surface area contributed by atoms with Gasteiger partial charge in [0.2, 0.25) is 11.8 Å². The molecule has 0 unspecified atom stereocenters. The number of sulfonamides is 1. The maximum atomic E-state index is 14.0. The van der Waals surface area contributed by atoms with Crippen LogP contribution in [0.5, 0.6) is 5.75 Å². The maximum Gasteiger partial charge on any atom is 0.269 e. The highest BCUT2D eigenvalue weighted by Gasteiger charge is 2.43. The van der Waals surface area contributed by atoms with Crippen molar-refractivity contribution in [3.05, 3.63) is 95.6 Å². The minimum atomic E-state index is -4.22. The van der Waals surface area contributed by atoms with Crippen molar-refractivity contribution >= 4 is 27.7 Å². The minimum absolute atomic E-state index is 0.00232.